The Labute approximate surface area is 141 Å². The summed E-state index contributed by atoms with van der Waals surface area (Å²) in [4.78, 5) is 11.2. The minimum absolute atomic E-state index is 0.0743. The number of nitrogens with one attached hydrogen (secondary N) is 1. The van der Waals surface area contributed by atoms with Crippen molar-refractivity contribution in [2.24, 2.45) is 0 Å². The molecule has 1 N–H and O–H groups in total. The van der Waals surface area contributed by atoms with Crippen LogP contribution in [0.15, 0.2) is 41.3 Å². The molecule has 0 saturated carbocycles. The molecule has 7 heteroatoms. The number of methoxy groups -OCH3 is 1. The highest BCUT2D eigenvalue weighted by Crippen LogP contribution is 2.30. The average Bonchev–Trinajstić information content (AvgIpc) is 2.50. The summed E-state index contributed by atoms with van der Waals surface area (Å²) >= 11 is 0. The minimum atomic E-state index is -4.05. The fraction of sp³-hybridized carbons (Fsp3) is 0.235. The third-order valence-corrected chi connectivity index (χ3v) is 4.59. The molecular weight excluding hydrogens is 330 g/mol. The summed E-state index contributed by atoms with van der Waals surface area (Å²) in [5.74, 6) is 0.323. The first kappa shape index (κ1) is 17.8. The summed E-state index contributed by atoms with van der Waals surface area (Å²) in [5.41, 5.74) is 1.69. The van der Waals surface area contributed by atoms with E-state index in [1.54, 1.807) is 26.0 Å². The van der Waals surface area contributed by atoms with Gasteiger partial charge in [-0.3, -0.25) is 4.79 Å². The largest absolute Gasteiger partial charge is 0.495 e. The number of carbonyl (C=O) groups excluding carboxylic acids is 1. The summed E-state index contributed by atoms with van der Waals surface area (Å²) in [5, 5.41) is 2.54. The lowest BCUT2D eigenvalue weighted by Gasteiger charge is -2.14. The number of hydrogen-bond donors (Lipinski definition) is 1. The Kier molecular flexibility index (Phi) is 5.14. The van der Waals surface area contributed by atoms with Crippen LogP contribution in [0.5, 0.6) is 11.5 Å². The van der Waals surface area contributed by atoms with E-state index in [0.717, 1.165) is 0 Å². The van der Waals surface area contributed by atoms with Gasteiger partial charge in [0.15, 0.2) is 0 Å². The van der Waals surface area contributed by atoms with Crippen LogP contribution in [0.4, 0.5) is 5.69 Å². The summed E-state index contributed by atoms with van der Waals surface area (Å²) in [6.07, 6.45) is 0. The monoisotopic (exact) mass is 349 g/mol. The molecule has 2 aromatic carbocycles. The fourth-order valence-corrected chi connectivity index (χ4v) is 3.29. The Morgan fingerprint density at radius 1 is 1.08 bits per heavy atom. The lowest BCUT2D eigenvalue weighted by Crippen LogP contribution is -2.13. The highest BCUT2D eigenvalue weighted by Gasteiger charge is 2.21. The summed E-state index contributed by atoms with van der Waals surface area (Å²) in [6, 6.07) is 9.51. The SMILES string of the molecule is COc1ccc(S(=O)(=O)Oc2c(C)cccc2C)cc1NC(C)=O. The van der Waals surface area contributed by atoms with Crippen LogP contribution >= 0.6 is 0 Å². The van der Waals surface area contributed by atoms with Crippen LogP contribution in [-0.4, -0.2) is 21.4 Å². The Hall–Kier alpha value is -2.54. The molecule has 0 bridgehead atoms. The third-order valence-electron chi connectivity index (χ3n) is 3.37. The zero-order valence-corrected chi connectivity index (χ0v) is 14.7. The highest BCUT2D eigenvalue weighted by molar-refractivity contribution is 7.87. The second-order valence-corrected chi connectivity index (χ2v) is 6.85. The molecule has 0 spiro atoms. The maximum absolute atomic E-state index is 12.6. The first-order valence-electron chi connectivity index (χ1n) is 7.21. The number of carbonyl (C=O) groups is 1. The number of para-hydroxylation sites is 1. The van der Waals surface area contributed by atoms with Crippen molar-refractivity contribution in [1.82, 2.24) is 0 Å². The number of anilines is 1. The van der Waals surface area contributed by atoms with Crippen LogP contribution in [0.25, 0.3) is 0 Å². The molecule has 0 atom stereocenters. The molecule has 128 valence electrons. The Balaban J connectivity index is 2.44. The number of benzene rings is 2. The van der Waals surface area contributed by atoms with E-state index in [4.69, 9.17) is 8.92 Å². The number of rotatable bonds is 5. The standard InChI is InChI=1S/C17H19NO5S/c1-11-6-5-7-12(2)17(11)23-24(20,21)14-8-9-16(22-4)15(10-14)18-13(3)19/h5-10H,1-4H3,(H,18,19). The normalized spacial score (nSPS) is 11.0. The van der Waals surface area contributed by atoms with Crippen molar-refractivity contribution in [3.05, 3.63) is 47.5 Å². The molecule has 0 aliphatic heterocycles. The second-order valence-electron chi connectivity index (χ2n) is 5.30. The smallest absolute Gasteiger partial charge is 0.339 e. The van der Waals surface area contributed by atoms with Crippen molar-refractivity contribution in [2.75, 3.05) is 12.4 Å². The van der Waals surface area contributed by atoms with Crippen molar-refractivity contribution in [3.63, 3.8) is 0 Å². The van der Waals surface area contributed by atoms with Gasteiger partial charge in [-0.15, -0.1) is 0 Å². The maximum atomic E-state index is 12.6. The second kappa shape index (κ2) is 6.92. The van der Waals surface area contributed by atoms with Gasteiger partial charge in [0.1, 0.15) is 16.4 Å². The summed E-state index contributed by atoms with van der Waals surface area (Å²) < 4.78 is 35.6. The van der Waals surface area contributed by atoms with Gasteiger partial charge in [-0.2, -0.15) is 8.42 Å². The van der Waals surface area contributed by atoms with Crippen LogP contribution in [0, 0.1) is 13.8 Å². The van der Waals surface area contributed by atoms with Crippen molar-refractivity contribution in [2.45, 2.75) is 25.7 Å². The first-order chi connectivity index (χ1) is 11.2. The van der Waals surface area contributed by atoms with Crippen LogP contribution in [0.3, 0.4) is 0 Å². The van der Waals surface area contributed by atoms with E-state index >= 15 is 0 Å². The van der Waals surface area contributed by atoms with Crippen LogP contribution in [0.1, 0.15) is 18.1 Å². The number of hydrogen-bond acceptors (Lipinski definition) is 5. The van der Waals surface area contributed by atoms with Crippen LogP contribution in [0.2, 0.25) is 0 Å². The summed E-state index contributed by atoms with van der Waals surface area (Å²) in [6.45, 7) is 4.87. The molecule has 0 aliphatic carbocycles. The number of amides is 1. The number of ether oxygens (including phenoxy) is 1. The van der Waals surface area contributed by atoms with E-state index in [1.165, 1.54) is 32.2 Å². The van der Waals surface area contributed by atoms with Crippen molar-refractivity contribution >= 4 is 21.7 Å². The van der Waals surface area contributed by atoms with Crippen molar-refractivity contribution < 1.29 is 22.1 Å². The van der Waals surface area contributed by atoms with E-state index < -0.39 is 10.1 Å². The predicted molar refractivity (Wildman–Crippen MR) is 91.0 cm³/mol. The summed E-state index contributed by atoms with van der Waals surface area (Å²) in [7, 11) is -2.62. The maximum Gasteiger partial charge on any atom is 0.339 e. The molecule has 0 heterocycles. The molecule has 1 amide bonds. The molecule has 0 fully saturated rings. The van der Waals surface area contributed by atoms with E-state index in [-0.39, 0.29) is 16.5 Å². The lowest BCUT2D eigenvalue weighted by molar-refractivity contribution is -0.114. The molecule has 2 rings (SSSR count). The Morgan fingerprint density at radius 2 is 1.71 bits per heavy atom. The molecular formula is C17H19NO5S. The van der Waals surface area contributed by atoms with Gasteiger partial charge in [0.2, 0.25) is 5.91 Å². The van der Waals surface area contributed by atoms with Gasteiger partial charge in [0, 0.05) is 6.92 Å². The van der Waals surface area contributed by atoms with E-state index in [0.29, 0.717) is 22.6 Å². The van der Waals surface area contributed by atoms with Gasteiger partial charge >= 0.3 is 10.1 Å². The van der Waals surface area contributed by atoms with Crippen LogP contribution in [-0.2, 0) is 14.9 Å². The molecule has 2 aromatic rings. The van der Waals surface area contributed by atoms with E-state index in [9.17, 15) is 13.2 Å². The van der Waals surface area contributed by atoms with Gasteiger partial charge in [-0.1, -0.05) is 18.2 Å². The van der Waals surface area contributed by atoms with Gasteiger partial charge in [-0.05, 0) is 43.2 Å². The zero-order chi connectivity index (χ0) is 17.9. The fourth-order valence-electron chi connectivity index (χ4n) is 2.22. The molecule has 0 aliphatic rings. The minimum Gasteiger partial charge on any atom is -0.495 e. The zero-order valence-electron chi connectivity index (χ0n) is 13.9. The Bertz CT molecular complexity index is 854. The van der Waals surface area contributed by atoms with Crippen molar-refractivity contribution in [1.29, 1.82) is 0 Å². The van der Waals surface area contributed by atoms with Crippen LogP contribution < -0.4 is 14.2 Å². The van der Waals surface area contributed by atoms with Crippen molar-refractivity contribution in [3.8, 4) is 11.5 Å². The molecule has 0 radical (unpaired) electrons. The molecule has 24 heavy (non-hydrogen) atoms. The van der Waals surface area contributed by atoms with Gasteiger partial charge in [0.25, 0.3) is 0 Å². The third kappa shape index (κ3) is 3.86. The van der Waals surface area contributed by atoms with Gasteiger partial charge < -0.3 is 14.2 Å². The quantitative estimate of drug-likeness (QED) is 0.839. The lowest BCUT2D eigenvalue weighted by atomic mass is 10.1. The topological polar surface area (TPSA) is 81.7 Å². The Morgan fingerprint density at radius 3 is 2.25 bits per heavy atom. The first-order valence-corrected chi connectivity index (χ1v) is 8.62. The van der Waals surface area contributed by atoms with Gasteiger partial charge in [-0.25, -0.2) is 0 Å². The average molecular weight is 349 g/mol. The molecule has 6 nitrogen and oxygen atoms in total. The number of aryl methyl sites for hydroxylation is 2. The van der Waals surface area contributed by atoms with Gasteiger partial charge in [0.05, 0.1) is 12.8 Å². The predicted octanol–water partition coefficient (Wildman–Crippen LogP) is 3.04. The molecule has 0 aromatic heterocycles. The molecule has 0 unspecified atom stereocenters. The highest BCUT2D eigenvalue weighted by atomic mass is 32.2. The van der Waals surface area contributed by atoms with E-state index in [1.807, 2.05) is 6.07 Å². The van der Waals surface area contributed by atoms with E-state index in [2.05, 4.69) is 5.32 Å². The molecule has 0 saturated heterocycles.